The van der Waals surface area contributed by atoms with Crippen molar-refractivity contribution >= 4 is 16.9 Å². The van der Waals surface area contributed by atoms with Crippen molar-refractivity contribution in [2.75, 3.05) is 5.73 Å². The number of para-hydroxylation sites is 1. The maximum atomic E-state index is 6.00. The van der Waals surface area contributed by atoms with E-state index < -0.39 is 0 Å². The zero-order valence-electron chi connectivity index (χ0n) is 12.2. The summed E-state index contributed by atoms with van der Waals surface area (Å²) in [6.45, 7) is 0. The molecule has 0 saturated carbocycles. The van der Waals surface area contributed by atoms with Gasteiger partial charge in [0.2, 0.25) is 0 Å². The van der Waals surface area contributed by atoms with Gasteiger partial charge >= 0.3 is 0 Å². The molecule has 0 amide bonds. The Morgan fingerprint density at radius 1 is 0.913 bits per heavy atom. The predicted molar refractivity (Wildman–Crippen MR) is 90.3 cm³/mol. The highest BCUT2D eigenvalue weighted by molar-refractivity contribution is 6.00. The molecule has 0 aliphatic heterocycles. The van der Waals surface area contributed by atoms with E-state index in [1.807, 2.05) is 60.8 Å². The van der Waals surface area contributed by atoms with Crippen LogP contribution >= 0.6 is 0 Å². The van der Waals surface area contributed by atoms with Crippen molar-refractivity contribution in [3.05, 3.63) is 67.1 Å². The van der Waals surface area contributed by atoms with Gasteiger partial charge in [0, 0.05) is 11.8 Å². The van der Waals surface area contributed by atoms with E-state index in [0.717, 1.165) is 33.7 Å². The number of anilines is 1. The van der Waals surface area contributed by atoms with E-state index in [1.165, 1.54) is 6.33 Å². The molecule has 2 aromatic carbocycles. The van der Waals surface area contributed by atoms with Crippen LogP contribution in [0.15, 0.2) is 67.1 Å². The molecule has 0 aliphatic rings. The van der Waals surface area contributed by atoms with Crippen LogP contribution in [0.3, 0.4) is 0 Å². The van der Waals surface area contributed by atoms with Crippen molar-refractivity contribution in [1.29, 1.82) is 0 Å². The van der Waals surface area contributed by atoms with Gasteiger partial charge in [0.15, 0.2) is 0 Å². The monoisotopic (exact) mass is 302 g/mol. The lowest BCUT2D eigenvalue weighted by Crippen LogP contribution is -1.92. The van der Waals surface area contributed by atoms with Gasteiger partial charge in [0.05, 0.1) is 5.39 Å². The second-order valence-electron chi connectivity index (χ2n) is 5.13. The highest BCUT2D eigenvalue weighted by Gasteiger charge is 2.11. The molecule has 0 atom stereocenters. The van der Waals surface area contributed by atoms with Crippen LogP contribution in [-0.2, 0) is 0 Å². The van der Waals surface area contributed by atoms with Crippen LogP contribution in [0.4, 0.5) is 5.82 Å². The van der Waals surface area contributed by atoms with E-state index in [1.54, 1.807) is 0 Å². The minimum Gasteiger partial charge on any atom is -0.457 e. The molecule has 4 rings (SSSR count). The normalized spacial score (nSPS) is 10.8. The number of nitrogens with two attached hydrogens (primary N) is 1. The molecule has 2 aromatic heterocycles. The van der Waals surface area contributed by atoms with Crippen molar-refractivity contribution in [3.63, 3.8) is 0 Å². The number of rotatable bonds is 3. The molecule has 5 nitrogen and oxygen atoms in total. The van der Waals surface area contributed by atoms with E-state index in [9.17, 15) is 0 Å². The van der Waals surface area contributed by atoms with Crippen molar-refractivity contribution in [2.24, 2.45) is 0 Å². The lowest BCUT2D eigenvalue weighted by atomic mass is 10.1. The van der Waals surface area contributed by atoms with Crippen LogP contribution in [0.2, 0.25) is 0 Å². The Morgan fingerprint density at radius 3 is 2.61 bits per heavy atom. The van der Waals surface area contributed by atoms with Crippen molar-refractivity contribution in [2.45, 2.75) is 0 Å². The fourth-order valence-electron chi connectivity index (χ4n) is 2.57. The summed E-state index contributed by atoms with van der Waals surface area (Å²) in [5, 5.41) is 0.823. The third-order valence-corrected chi connectivity index (χ3v) is 3.62. The molecule has 5 heteroatoms. The SMILES string of the molecule is Nc1ncnc2[nH]cc(-c3cccc(Oc4ccccc4)c3)c12. The van der Waals surface area contributed by atoms with Gasteiger partial charge in [-0.15, -0.1) is 0 Å². The number of aromatic amines is 1. The molecule has 0 fully saturated rings. The maximum Gasteiger partial charge on any atom is 0.143 e. The second-order valence-corrected chi connectivity index (χ2v) is 5.13. The Hall–Kier alpha value is -3.34. The van der Waals surface area contributed by atoms with Crippen LogP contribution in [0.5, 0.6) is 11.5 Å². The van der Waals surface area contributed by atoms with Gasteiger partial charge in [0.25, 0.3) is 0 Å². The van der Waals surface area contributed by atoms with Crippen LogP contribution in [0.1, 0.15) is 0 Å². The standard InChI is InChI=1S/C18H14N4O/c19-17-16-15(10-20-18(16)22-11-21-17)12-5-4-8-14(9-12)23-13-6-2-1-3-7-13/h1-11H,(H3,19,20,21,22). The predicted octanol–water partition coefficient (Wildman–Crippen LogP) is 4.00. The second kappa shape index (κ2) is 5.46. The summed E-state index contributed by atoms with van der Waals surface area (Å²) in [7, 11) is 0. The number of ether oxygens (including phenoxy) is 1. The number of fused-ring (bicyclic) bond motifs is 1. The summed E-state index contributed by atoms with van der Waals surface area (Å²) in [6.07, 6.45) is 3.34. The lowest BCUT2D eigenvalue weighted by molar-refractivity contribution is 0.483. The Balaban J connectivity index is 1.76. The molecule has 112 valence electrons. The number of nitrogens with one attached hydrogen (secondary N) is 1. The molecule has 0 bridgehead atoms. The third-order valence-electron chi connectivity index (χ3n) is 3.62. The molecule has 0 aliphatic carbocycles. The van der Waals surface area contributed by atoms with Crippen LogP contribution in [0, 0.1) is 0 Å². The van der Waals surface area contributed by atoms with Gasteiger partial charge in [-0.2, -0.15) is 0 Å². The fraction of sp³-hybridized carbons (Fsp3) is 0. The van der Waals surface area contributed by atoms with E-state index >= 15 is 0 Å². The molecular weight excluding hydrogens is 288 g/mol. The first kappa shape index (κ1) is 13.3. The van der Waals surface area contributed by atoms with Crippen molar-refractivity contribution < 1.29 is 4.74 Å². The van der Waals surface area contributed by atoms with E-state index in [4.69, 9.17) is 10.5 Å². The third kappa shape index (κ3) is 2.48. The zero-order chi connectivity index (χ0) is 15.6. The topological polar surface area (TPSA) is 76.8 Å². The quantitative estimate of drug-likeness (QED) is 0.599. The summed E-state index contributed by atoms with van der Waals surface area (Å²) in [6, 6.07) is 17.5. The number of hydrogen-bond donors (Lipinski definition) is 2. The zero-order valence-corrected chi connectivity index (χ0v) is 12.2. The van der Waals surface area contributed by atoms with E-state index in [-0.39, 0.29) is 0 Å². The van der Waals surface area contributed by atoms with Crippen LogP contribution < -0.4 is 10.5 Å². The van der Waals surface area contributed by atoms with Gasteiger partial charge in [-0.1, -0.05) is 30.3 Å². The number of nitrogen functional groups attached to an aromatic ring is 1. The molecule has 3 N–H and O–H groups in total. The molecule has 0 saturated heterocycles. The molecule has 0 unspecified atom stereocenters. The van der Waals surface area contributed by atoms with E-state index in [0.29, 0.717) is 5.82 Å². The summed E-state index contributed by atoms with van der Waals surface area (Å²) < 4.78 is 5.89. The first-order chi connectivity index (χ1) is 11.3. The highest BCUT2D eigenvalue weighted by atomic mass is 16.5. The number of H-pyrrole nitrogens is 1. The number of aromatic nitrogens is 3. The van der Waals surface area contributed by atoms with Gasteiger partial charge in [-0.25, -0.2) is 9.97 Å². The summed E-state index contributed by atoms with van der Waals surface area (Å²) in [5.74, 6) is 2.02. The number of nitrogens with zero attached hydrogens (tertiary/aromatic N) is 2. The van der Waals surface area contributed by atoms with Crippen molar-refractivity contribution in [3.8, 4) is 22.6 Å². The van der Waals surface area contributed by atoms with Gasteiger partial charge in [0.1, 0.15) is 29.3 Å². The Labute approximate surface area is 132 Å². The van der Waals surface area contributed by atoms with Crippen molar-refractivity contribution in [1.82, 2.24) is 15.0 Å². The highest BCUT2D eigenvalue weighted by Crippen LogP contribution is 2.33. The van der Waals surface area contributed by atoms with Crippen LogP contribution in [0.25, 0.3) is 22.2 Å². The van der Waals surface area contributed by atoms with Gasteiger partial charge in [-0.05, 0) is 29.8 Å². The first-order valence-electron chi connectivity index (χ1n) is 7.22. The maximum absolute atomic E-state index is 6.00. The Bertz CT molecular complexity index is 963. The molecule has 2 heterocycles. The van der Waals surface area contributed by atoms with E-state index in [2.05, 4.69) is 15.0 Å². The molecule has 0 spiro atoms. The molecule has 0 radical (unpaired) electrons. The largest absolute Gasteiger partial charge is 0.457 e. The van der Waals surface area contributed by atoms with Crippen LogP contribution in [-0.4, -0.2) is 15.0 Å². The van der Waals surface area contributed by atoms with Gasteiger partial charge in [-0.3, -0.25) is 0 Å². The first-order valence-corrected chi connectivity index (χ1v) is 7.22. The number of hydrogen-bond acceptors (Lipinski definition) is 4. The average molecular weight is 302 g/mol. The minimum absolute atomic E-state index is 0.459. The molecular formula is C18H14N4O. The summed E-state index contributed by atoms with van der Waals surface area (Å²) in [5.41, 5.74) is 8.67. The summed E-state index contributed by atoms with van der Waals surface area (Å²) in [4.78, 5) is 11.4. The Kier molecular flexibility index (Phi) is 3.16. The molecule has 23 heavy (non-hydrogen) atoms. The average Bonchev–Trinajstić information content (AvgIpc) is 3.02. The fourth-order valence-corrected chi connectivity index (χ4v) is 2.57. The smallest absolute Gasteiger partial charge is 0.143 e. The van der Waals surface area contributed by atoms with Gasteiger partial charge < -0.3 is 15.5 Å². The minimum atomic E-state index is 0.459. The molecule has 4 aromatic rings. The number of benzene rings is 2. The lowest BCUT2D eigenvalue weighted by Gasteiger charge is -2.07. The summed E-state index contributed by atoms with van der Waals surface area (Å²) >= 11 is 0. The Morgan fingerprint density at radius 2 is 1.74 bits per heavy atom.